The number of aromatic nitrogens is 6. The topological polar surface area (TPSA) is 90.5 Å². The van der Waals surface area contributed by atoms with E-state index >= 15 is 0 Å². The standard InChI is InChI=1S/C15H15N7OS/c23-14(16-7-13-9-21-5-6-24-15(21)18-13)12-3-1-11(2-4-12)8-22-10-17-19-20-22/h1-4,9-10H,5-8H2,(H,16,23). The molecule has 1 amide bonds. The molecule has 0 unspecified atom stereocenters. The molecule has 8 nitrogen and oxygen atoms in total. The fourth-order valence-electron chi connectivity index (χ4n) is 2.52. The Hall–Kier alpha value is -2.68. The van der Waals surface area contributed by atoms with Crippen LogP contribution in [0, 0.1) is 0 Å². The van der Waals surface area contributed by atoms with E-state index in [0.29, 0.717) is 18.7 Å². The molecule has 0 saturated heterocycles. The lowest BCUT2D eigenvalue weighted by Crippen LogP contribution is -2.23. The van der Waals surface area contributed by atoms with Crippen LogP contribution in [-0.4, -0.2) is 41.4 Å². The predicted octanol–water partition coefficient (Wildman–Crippen LogP) is 0.954. The van der Waals surface area contributed by atoms with Crippen LogP contribution < -0.4 is 5.32 Å². The largest absolute Gasteiger partial charge is 0.346 e. The smallest absolute Gasteiger partial charge is 0.251 e. The van der Waals surface area contributed by atoms with Crippen molar-refractivity contribution in [2.75, 3.05) is 5.75 Å². The number of carbonyl (C=O) groups excluding carboxylic acids is 1. The summed E-state index contributed by atoms with van der Waals surface area (Å²) in [5, 5.41) is 14.9. The van der Waals surface area contributed by atoms with Crippen molar-refractivity contribution < 1.29 is 4.79 Å². The third kappa shape index (κ3) is 3.16. The molecule has 0 atom stereocenters. The molecule has 0 radical (unpaired) electrons. The Balaban J connectivity index is 1.35. The van der Waals surface area contributed by atoms with Gasteiger partial charge in [0.25, 0.3) is 5.91 Å². The molecule has 4 rings (SSSR count). The third-order valence-corrected chi connectivity index (χ3v) is 4.71. The average molecular weight is 341 g/mol. The molecule has 0 bridgehead atoms. The second-order valence-electron chi connectivity index (χ2n) is 5.44. The molecule has 1 N–H and O–H groups in total. The summed E-state index contributed by atoms with van der Waals surface area (Å²) < 4.78 is 3.75. The highest BCUT2D eigenvalue weighted by molar-refractivity contribution is 7.99. The zero-order valence-corrected chi connectivity index (χ0v) is 13.6. The molecule has 9 heteroatoms. The maximum absolute atomic E-state index is 12.2. The van der Waals surface area contributed by atoms with Crippen molar-refractivity contribution in [2.45, 2.75) is 24.8 Å². The van der Waals surface area contributed by atoms with Crippen LogP contribution in [0.15, 0.2) is 41.9 Å². The maximum atomic E-state index is 12.2. The van der Waals surface area contributed by atoms with E-state index < -0.39 is 0 Å². The van der Waals surface area contributed by atoms with E-state index in [2.05, 4.69) is 30.4 Å². The number of rotatable bonds is 5. The fraction of sp³-hybridized carbons (Fsp3) is 0.267. The molecule has 24 heavy (non-hydrogen) atoms. The second kappa shape index (κ2) is 6.44. The van der Waals surface area contributed by atoms with Crippen molar-refractivity contribution in [1.82, 2.24) is 35.1 Å². The van der Waals surface area contributed by atoms with E-state index in [1.54, 1.807) is 34.9 Å². The Morgan fingerprint density at radius 3 is 2.92 bits per heavy atom. The van der Waals surface area contributed by atoms with Crippen LogP contribution in [0.3, 0.4) is 0 Å². The van der Waals surface area contributed by atoms with Gasteiger partial charge in [0.2, 0.25) is 0 Å². The first kappa shape index (κ1) is 14.9. The van der Waals surface area contributed by atoms with Crippen LogP contribution in [0.25, 0.3) is 0 Å². The van der Waals surface area contributed by atoms with Gasteiger partial charge >= 0.3 is 0 Å². The van der Waals surface area contributed by atoms with Crippen LogP contribution in [0.5, 0.6) is 0 Å². The Labute approximate surface area is 142 Å². The molecule has 3 aromatic rings. The molecule has 0 saturated carbocycles. The van der Waals surface area contributed by atoms with Gasteiger partial charge in [-0.25, -0.2) is 9.67 Å². The summed E-state index contributed by atoms with van der Waals surface area (Å²) in [6.45, 7) is 2.00. The lowest BCUT2D eigenvalue weighted by atomic mass is 10.1. The summed E-state index contributed by atoms with van der Waals surface area (Å²) in [5.74, 6) is 0.969. The highest BCUT2D eigenvalue weighted by atomic mass is 32.2. The van der Waals surface area contributed by atoms with Crippen molar-refractivity contribution in [2.24, 2.45) is 0 Å². The van der Waals surface area contributed by atoms with Gasteiger partial charge in [0.1, 0.15) is 6.33 Å². The van der Waals surface area contributed by atoms with Crippen LogP contribution in [0.4, 0.5) is 0 Å². The molecular formula is C15H15N7OS. The minimum absolute atomic E-state index is 0.107. The Kier molecular flexibility index (Phi) is 3.99. The van der Waals surface area contributed by atoms with E-state index in [9.17, 15) is 4.79 Å². The lowest BCUT2D eigenvalue weighted by molar-refractivity contribution is 0.0950. The number of nitrogens with one attached hydrogen (secondary N) is 1. The average Bonchev–Trinajstić information content (AvgIpc) is 3.30. The molecule has 2 aromatic heterocycles. The number of nitrogens with zero attached hydrogens (tertiary/aromatic N) is 6. The van der Waals surface area contributed by atoms with Crippen LogP contribution >= 0.6 is 11.8 Å². The van der Waals surface area contributed by atoms with Gasteiger partial charge in [-0.15, -0.1) is 5.10 Å². The van der Waals surface area contributed by atoms with Crippen LogP contribution in [0.2, 0.25) is 0 Å². The summed E-state index contributed by atoms with van der Waals surface area (Å²) in [4.78, 5) is 16.7. The highest BCUT2D eigenvalue weighted by Crippen LogP contribution is 2.24. The number of thioether (sulfide) groups is 1. The van der Waals surface area contributed by atoms with Gasteiger partial charge in [0, 0.05) is 24.1 Å². The van der Waals surface area contributed by atoms with Gasteiger partial charge in [-0.05, 0) is 28.1 Å². The number of benzene rings is 1. The van der Waals surface area contributed by atoms with Gasteiger partial charge in [-0.2, -0.15) is 0 Å². The molecule has 0 aliphatic carbocycles. The predicted molar refractivity (Wildman–Crippen MR) is 87.5 cm³/mol. The molecule has 122 valence electrons. The second-order valence-corrected chi connectivity index (χ2v) is 6.51. The number of fused-ring (bicyclic) bond motifs is 1. The summed E-state index contributed by atoms with van der Waals surface area (Å²) in [6.07, 6.45) is 3.56. The molecule has 1 aliphatic heterocycles. The van der Waals surface area contributed by atoms with Crippen LogP contribution in [-0.2, 0) is 19.6 Å². The van der Waals surface area contributed by atoms with Gasteiger partial charge in [0.05, 0.1) is 18.8 Å². The van der Waals surface area contributed by atoms with Crippen molar-refractivity contribution in [3.8, 4) is 0 Å². The number of hydrogen-bond donors (Lipinski definition) is 1. The number of hydrogen-bond acceptors (Lipinski definition) is 6. The normalized spacial score (nSPS) is 13.0. The van der Waals surface area contributed by atoms with E-state index in [1.165, 1.54) is 0 Å². The number of amides is 1. The van der Waals surface area contributed by atoms with Gasteiger partial charge in [-0.3, -0.25) is 4.79 Å². The summed E-state index contributed by atoms with van der Waals surface area (Å²) in [7, 11) is 0. The first-order valence-corrected chi connectivity index (χ1v) is 8.53. The fourth-order valence-corrected chi connectivity index (χ4v) is 3.48. The summed E-state index contributed by atoms with van der Waals surface area (Å²) in [5.41, 5.74) is 2.54. The molecule has 3 heterocycles. The first-order chi connectivity index (χ1) is 11.8. The van der Waals surface area contributed by atoms with Gasteiger partial charge in [0.15, 0.2) is 5.16 Å². The monoisotopic (exact) mass is 341 g/mol. The number of tetrazole rings is 1. The van der Waals surface area contributed by atoms with Crippen molar-refractivity contribution in [1.29, 1.82) is 0 Å². The molecule has 0 fully saturated rings. The SMILES string of the molecule is O=C(NCc1cn2c(n1)SCC2)c1ccc(Cn2cnnn2)cc1. The minimum Gasteiger partial charge on any atom is -0.346 e. The van der Waals surface area contributed by atoms with Gasteiger partial charge < -0.3 is 9.88 Å². The lowest BCUT2D eigenvalue weighted by Gasteiger charge is -2.05. The molecule has 1 aromatic carbocycles. The Bertz CT molecular complexity index is 820. The van der Waals surface area contributed by atoms with E-state index in [4.69, 9.17) is 0 Å². The highest BCUT2D eigenvalue weighted by Gasteiger charge is 2.14. The summed E-state index contributed by atoms with van der Waals surface area (Å²) >= 11 is 1.75. The van der Waals surface area contributed by atoms with E-state index in [0.717, 1.165) is 28.7 Å². The van der Waals surface area contributed by atoms with Crippen molar-refractivity contribution in [3.05, 3.63) is 53.6 Å². The molecule has 0 spiro atoms. The maximum Gasteiger partial charge on any atom is 0.251 e. The van der Waals surface area contributed by atoms with E-state index in [1.807, 2.05) is 18.3 Å². The number of imidazole rings is 1. The number of aryl methyl sites for hydroxylation is 1. The quantitative estimate of drug-likeness (QED) is 0.743. The zero-order chi connectivity index (χ0) is 16.4. The minimum atomic E-state index is -0.107. The van der Waals surface area contributed by atoms with E-state index in [-0.39, 0.29) is 5.91 Å². The molecular weight excluding hydrogens is 326 g/mol. The Morgan fingerprint density at radius 2 is 2.17 bits per heavy atom. The first-order valence-electron chi connectivity index (χ1n) is 7.55. The number of carbonyl (C=O) groups is 1. The van der Waals surface area contributed by atoms with Gasteiger partial charge in [-0.1, -0.05) is 23.9 Å². The summed E-state index contributed by atoms with van der Waals surface area (Å²) in [6, 6.07) is 7.41. The zero-order valence-electron chi connectivity index (χ0n) is 12.8. The van der Waals surface area contributed by atoms with Crippen molar-refractivity contribution in [3.63, 3.8) is 0 Å². The third-order valence-electron chi connectivity index (χ3n) is 3.74. The Morgan fingerprint density at radius 1 is 1.29 bits per heavy atom. The van der Waals surface area contributed by atoms with Crippen LogP contribution in [0.1, 0.15) is 21.6 Å². The molecule has 1 aliphatic rings. The van der Waals surface area contributed by atoms with Crippen molar-refractivity contribution >= 4 is 17.7 Å².